The van der Waals surface area contributed by atoms with Gasteiger partial charge in [0.1, 0.15) is 0 Å². The van der Waals surface area contributed by atoms with Crippen LogP contribution in [0.4, 0.5) is 0 Å². The Morgan fingerprint density at radius 2 is 1.73 bits per heavy atom. The third-order valence-electron chi connectivity index (χ3n) is 1.39. The summed E-state index contributed by atoms with van der Waals surface area (Å²) in [6.07, 6.45) is -2.08. The van der Waals surface area contributed by atoms with Crippen LogP contribution in [0.2, 0.25) is 0 Å². The zero-order valence-electron chi connectivity index (χ0n) is 6.22. The molecule has 0 spiro atoms. The highest BCUT2D eigenvalue weighted by Gasteiger charge is 2.15. The summed E-state index contributed by atoms with van der Waals surface area (Å²) in [6.45, 7) is -0.130. The van der Waals surface area contributed by atoms with Gasteiger partial charge in [0.15, 0.2) is 6.29 Å². The molecule has 0 rings (SSSR count). The molecule has 2 atom stereocenters. The molecule has 0 aliphatic heterocycles. The lowest BCUT2D eigenvalue weighted by Crippen LogP contribution is -2.37. The van der Waals surface area contributed by atoms with Crippen LogP contribution in [0.5, 0.6) is 0 Å². The molecule has 0 radical (unpaired) electrons. The molecule has 0 amide bonds. The average Bonchev–Trinajstić information content (AvgIpc) is 1.87. The van der Waals surface area contributed by atoms with Gasteiger partial charge >= 0.3 is 0 Å². The zero-order chi connectivity index (χ0) is 8.85. The number of nitrogens with two attached hydrogens (primary N) is 1. The van der Waals surface area contributed by atoms with E-state index in [1.165, 1.54) is 0 Å². The largest absolute Gasteiger partial charge is 0.396 e. The molecular weight excluding hydrogens is 150 g/mol. The predicted molar refractivity (Wildman–Crippen MR) is 38.5 cm³/mol. The van der Waals surface area contributed by atoms with Crippen LogP contribution in [0.3, 0.4) is 0 Å². The first-order valence-electron chi connectivity index (χ1n) is 3.48. The molecule has 0 aliphatic carbocycles. The van der Waals surface area contributed by atoms with Gasteiger partial charge in [0, 0.05) is 6.61 Å². The van der Waals surface area contributed by atoms with Gasteiger partial charge in [-0.2, -0.15) is 0 Å². The van der Waals surface area contributed by atoms with E-state index < -0.39 is 18.4 Å². The van der Waals surface area contributed by atoms with Crippen molar-refractivity contribution in [3.05, 3.63) is 0 Å². The van der Waals surface area contributed by atoms with Crippen molar-refractivity contribution in [2.24, 2.45) is 5.73 Å². The fourth-order valence-corrected chi connectivity index (χ4v) is 0.703. The molecule has 6 N–H and O–H groups in total. The molecule has 0 aliphatic rings. The SMILES string of the molecule is NC(CC(O)CCO)C(O)O. The van der Waals surface area contributed by atoms with Crippen molar-refractivity contribution >= 4 is 0 Å². The van der Waals surface area contributed by atoms with E-state index in [0.29, 0.717) is 0 Å². The van der Waals surface area contributed by atoms with E-state index in [1.807, 2.05) is 0 Å². The van der Waals surface area contributed by atoms with Gasteiger partial charge in [0.25, 0.3) is 0 Å². The smallest absolute Gasteiger partial charge is 0.166 e. The minimum Gasteiger partial charge on any atom is -0.396 e. The lowest BCUT2D eigenvalue weighted by atomic mass is 10.1. The van der Waals surface area contributed by atoms with Crippen LogP contribution < -0.4 is 5.73 Å². The summed E-state index contributed by atoms with van der Waals surface area (Å²) < 4.78 is 0. The van der Waals surface area contributed by atoms with Crippen LogP contribution in [-0.2, 0) is 0 Å². The summed E-state index contributed by atoms with van der Waals surface area (Å²) >= 11 is 0. The highest BCUT2D eigenvalue weighted by Crippen LogP contribution is 2.01. The standard InChI is InChI=1S/C6H15NO4/c7-5(6(10)11)3-4(9)1-2-8/h4-6,8-11H,1-3,7H2. The highest BCUT2D eigenvalue weighted by atomic mass is 16.5. The van der Waals surface area contributed by atoms with Gasteiger partial charge in [0.05, 0.1) is 12.1 Å². The van der Waals surface area contributed by atoms with Gasteiger partial charge in [-0.3, -0.25) is 0 Å². The van der Waals surface area contributed by atoms with E-state index in [4.69, 9.17) is 26.2 Å². The maximum Gasteiger partial charge on any atom is 0.166 e. The first kappa shape index (κ1) is 10.8. The second-order valence-corrected chi connectivity index (χ2v) is 2.48. The molecule has 5 heteroatoms. The average molecular weight is 165 g/mol. The molecule has 0 saturated heterocycles. The minimum atomic E-state index is -1.61. The van der Waals surface area contributed by atoms with Gasteiger partial charge in [-0.15, -0.1) is 0 Å². The van der Waals surface area contributed by atoms with Crippen LogP contribution in [0.1, 0.15) is 12.8 Å². The Balaban J connectivity index is 3.48. The van der Waals surface area contributed by atoms with Crippen LogP contribution >= 0.6 is 0 Å². The summed E-state index contributed by atoms with van der Waals surface area (Å²) in [5, 5.41) is 34.4. The molecule has 2 unspecified atom stereocenters. The van der Waals surface area contributed by atoms with Gasteiger partial charge in [-0.1, -0.05) is 0 Å². The quantitative estimate of drug-likeness (QED) is 0.296. The Kier molecular flexibility index (Phi) is 5.35. The summed E-state index contributed by atoms with van der Waals surface area (Å²) in [5.41, 5.74) is 5.21. The van der Waals surface area contributed by atoms with Crippen LogP contribution in [0.15, 0.2) is 0 Å². The van der Waals surface area contributed by atoms with E-state index in [0.717, 1.165) is 0 Å². The molecule has 0 bridgehead atoms. The van der Waals surface area contributed by atoms with E-state index in [9.17, 15) is 0 Å². The lowest BCUT2D eigenvalue weighted by molar-refractivity contribution is -0.0678. The van der Waals surface area contributed by atoms with E-state index in [1.54, 1.807) is 0 Å². The van der Waals surface area contributed by atoms with E-state index in [-0.39, 0.29) is 19.4 Å². The summed E-state index contributed by atoms with van der Waals surface area (Å²) in [6, 6.07) is -0.850. The third-order valence-corrected chi connectivity index (χ3v) is 1.39. The normalized spacial score (nSPS) is 16.9. The molecule has 0 fully saturated rings. The molecule has 5 nitrogen and oxygen atoms in total. The maximum atomic E-state index is 9.01. The number of hydrogen-bond acceptors (Lipinski definition) is 5. The first-order valence-corrected chi connectivity index (χ1v) is 3.48. The Labute approximate surface area is 65.1 Å². The van der Waals surface area contributed by atoms with Crippen molar-refractivity contribution < 1.29 is 20.4 Å². The molecule has 0 aromatic heterocycles. The molecule has 0 heterocycles. The van der Waals surface area contributed by atoms with Gasteiger partial charge in [-0.05, 0) is 12.8 Å². The van der Waals surface area contributed by atoms with Crippen molar-refractivity contribution in [1.29, 1.82) is 0 Å². The van der Waals surface area contributed by atoms with Crippen molar-refractivity contribution in [3.8, 4) is 0 Å². The monoisotopic (exact) mass is 165 g/mol. The summed E-state index contributed by atoms with van der Waals surface area (Å²) in [4.78, 5) is 0. The van der Waals surface area contributed by atoms with Crippen molar-refractivity contribution in [2.45, 2.75) is 31.3 Å². The van der Waals surface area contributed by atoms with Gasteiger partial charge < -0.3 is 26.2 Å². The Bertz CT molecular complexity index is 98.6. The minimum absolute atomic E-state index is 0.0816. The summed E-state index contributed by atoms with van der Waals surface area (Å²) in [7, 11) is 0. The fourth-order valence-electron chi connectivity index (χ4n) is 0.703. The van der Waals surface area contributed by atoms with Gasteiger partial charge in [-0.25, -0.2) is 0 Å². The number of aliphatic hydroxyl groups excluding tert-OH is 3. The highest BCUT2D eigenvalue weighted by molar-refractivity contribution is 4.68. The second-order valence-electron chi connectivity index (χ2n) is 2.48. The molecule has 68 valence electrons. The first-order chi connectivity index (χ1) is 5.07. The zero-order valence-corrected chi connectivity index (χ0v) is 6.22. The van der Waals surface area contributed by atoms with Crippen LogP contribution in [0.25, 0.3) is 0 Å². The second kappa shape index (κ2) is 5.45. The molecule has 11 heavy (non-hydrogen) atoms. The Morgan fingerprint density at radius 3 is 2.09 bits per heavy atom. The Hall–Kier alpha value is -0.200. The maximum absolute atomic E-state index is 9.01. The molecule has 0 aromatic carbocycles. The summed E-state index contributed by atoms with van der Waals surface area (Å²) in [5.74, 6) is 0. The van der Waals surface area contributed by atoms with Crippen LogP contribution in [-0.4, -0.2) is 45.5 Å². The topological polar surface area (TPSA) is 107 Å². The fraction of sp³-hybridized carbons (Fsp3) is 1.00. The van der Waals surface area contributed by atoms with Crippen molar-refractivity contribution in [3.63, 3.8) is 0 Å². The Morgan fingerprint density at radius 1 is 1.18 bits per heavy atom. The third kappa shape index (κ3) is 5.11. The number of hydrogen-bond donors (Lipinski definition) is 5. The predicted octanol–water partition coefficient (Wildman–Crippen LogP) is -2.24. The molecule has 0 saturated carbocycles. The number of rotatable bonds is 5. The molecular formula is C6H15NO4. The number of aliphatic hydroxyl groups is 4. The molecule has 0 aromatic rings. The van der Waals surface area contributed by atoms with E-state index in [2.05, 4.69) is 0 Å². The van der Waals surface area contributed by atoms with Gasteiger partial charge in [0.2, 0.25) is 0 Å². The van der Waals surface area contributed by atoms with Crippen molar-refractivity contribution in [2.75, 3.05) is 6.61 Å². The van der Waals surface area contributed by atoms with Crippen molar-refractivity contribution in [1.82, 2.24) is 0 Å². The lowest BCUT2D eigenvalue weighted by Gasteiger charge is -2.16. The van der Waals surface area contributed by atoms with Crippen LogP contribution in [0, 0.1) is 0 Å². The van der Waals surface area contributed by atoms with E-state index >= 15 is 0 Å².